The minimum absolute atomic E-state index is 0.275. The molecule has 3 aromatic rings. The minimum Gasteiger partial charge on any atom is -0.457 e. The fraction of sp³-hybridized carbons (Fsp3) is 0.174. The highest BCUT2D eigenvalue weighted by Crippen LogP contribution is 2.26. The number of ether oxygens (including phenoxy) is 1. The average molecular weight is 402 g/mol. The summed E-state index contributed by atoms with van der Waals surface area (Å²) in [5.74, 6) is 0.793. The van der Waals surface area contributed by atoms with Crippen molar-refractivity contribution >= 4 is 23.3 Å². The van der Waals surface area contributed by atoms with Gasteiger partial charge in [0.05, 0.1) is 0 Å². The van der Waals surface area contributed by atoms with Crippen LogP contribution in [0.15, 0.2) is 60.8 Å². The number of aromatic nitrogens is 1. The molecule has 7 heteroatoms. The number of nitrogens with zero attached hydrogens (tertiary/aromatic N) is 1. The van der Waals surface area contributed by atoms with Crippen LogP contribution in [0.25, 0.3) is 0 Å². The van der Waals surface area contributed by atoms with Gasteiger partial charge in [-0.05, 0) is 72.9 Å². The predicted molar refractivity (Wildman–Crippen MR) is 115 cm³/mol. The molecule has 3 amide bonds. The van der Waals surface area contributed by atoms with E-state index in [1.807, 2.05) is 12.1 Å². The molecule has 0 saturated carbocycles. The quantitative estimate of drug-likeness (QED) is 0.591. The van der Waals surface area contributed by atoms with Crippen LogP contribution in [0.4, 0.5) is 16.2 Å². The van der Waals surface area contributed by atoms with Gasteiger partial charge in [0.2, 0.25) is 0 Å². The fourth-order valence-electron chi connectivity index (χ4n) is 3.41. The van der Waals surface area contributed by atoms with E-state index in [0.29, 0.717) is 17.2 Å². The number of amides is 3. The van der Waals surface area contributed by atoms with Crippen LogP contribution >= 0.6 is 0 Å². The van der Waals surface area contributed by atoms with Crippen LogP contribution in [0.1, 0.15) is 28.0 Å². The lowest BCUT2D eigenvalue weighted by atomic mass is 10.1. The molecule has 7 nitrogen and oxygen atoms in total. The van der Waals surface area contributed by atoms with E-state index in [2.05, 4.69) is 27.0 Å². The second kappa shape index (κ2) is 8.65. The van der Waals surface area contributed by atoms with E-state index >= 15 is 0 Å². The summed E-state index contributed by atoms with van der Waals surface area (Å²) in [5.41, 5.74) is 4.38. The Morgan fingerprint density at radius 3 is 2.40 bits per heavy atom. The predicted octanol–water partition coefficient (Wildman–Crippen LogP) is 4.37. The SMILES string of the molecule is CNC(=O)c1cc(Oc2ccc(NC(=O)Nc3ccc4c(c3)CCC4)cc2)ccn1. The summed E-state index contributed by atoms with van der Waals surface area (Å²) in [7, 11) is 1.55. The van der Waals surface area contributed by atoms with Gasteiger partial charge in [0.15, 0.2) is 0 Å². The van der Waals surface area contributed by atoms with Gasteiger partial charge in [-0.15, -0.1) is 0 Å². The van der Waals surface area contributed by atoms with Gasteiger partial charge < -0.3 is 20.7 Å². The molecule has 2 aromatic carbocycles. The van der Waals surface area contributed by atoms with E-state index in [4.69, 9.17) is 4.74 Å². The number of benzene rings is 2. The summed E-state index contributed by atoms with van der Waals surface area (Å²) in [6, 6.07) is 16.0. The van der Waals surface area contributed by atoms with Crippen LogP contribution in [0.5, 0.6) is 11.5 Å². The number of carbonyl (C=O) groups excluding carboxylic acids is 2. The van der Waals surface area contributed by atoms with Crippen molar-refractivity contribution in [3.05, 3.63) is 77.6 Å². The van der Waals surface area contributed by atoms with Crippen molar-refractivity contribution < 1.29 is 14.3 Å². The zero-order valence-corrected chi connectivity index (χ0v) is 16.6. The maximum absolute atomic E-state index is 12.3. The minimum atomic E-state index is -0.300. The van der Waals surface area contributed by atoms with Gasteiger partial charge in [-0.2, -0.15) is 0 Å². The first-order valence-corrected chi connectivity index (χ1v) is 9.76. The van der Waals surface area contributed by atoms with Gasteiger partial charge in [0.25, 0.3) is 5.91 Å². The van der Waals surface area contributed by atoms with Crippen molar-refractivity contribution in [1.29, 1.82) is 0 Å². The molecule has 1 aromatic heterocycles. The molecule has 0 bridgehead atoms. The van der Waals surface area contributed by atoms with E-state index in [9.17, 15) is 9.59 Å². The van der Waals surface area contributed by atoms with Gasteiger partial charge in [0, 0.05) is 30.7 Å². The Kier molecular flexibility index (Phi) is 5.61. The number of fused-ring (bicyclic) bond motifs is 1. The Labute approximate surface area is 174 Å². The summed E-state index contributed by atoms with van der Waals surface area (Å²) in [6.45, 7) is 0. The highest BCUT2D eigenvalue weighted by atomic mass is 16.5. The lowest BCUT2D eigenvalue weighted by molar-refractivity contribution is 0.0958. The van der Waals surface area contributed by atoms with Gasteiger partial charge in [0.1, 0.15) is 17.2 Å². The molecule has 4 rings (SSSR count). The van der Waals surface area contributed by atoms with E-state index in [0.717, 1.165) is 18.5 Å². The molecule has 30 heavy (non-hydrogen) atoms. The number of anilines is 2. The Morgan fingerprint density at radius 1 is 0.867 bits per heavy atom. The Balaban J connectivity index is 1.35. The first kappa shape index (κ1) is 19.4. The molecule has 0 spiro atoms. The summed E-state index contributed by atoms with van der Waals surface area (Å²) in [6.07, 6.45) is 4.87. The number of carbonyl (C=O) groups is 2. The van der Waals surface area contributed by atoms with Crippen LogP contribution in [-0.2, 0) is 12.8 Å². The molecule has 152 valence electrons. The van der Waals surface area contributed by atoms with Gasteiger partial charge in [-0.1, -0.05) is 6.07 Å². The highest BCUT2D eigenvalue weighted by Gasteiger charge is 2.12. The average Bonchev–Trinajstić information content (AvgIpc) is 3.22. The molecule has 0 fully saturated rings. The van der Waals surface area contributed by atoms with Gasteiger partial charge in [-0.3, -0.25) is 9.78 Å². The molecule has 1 heterocycles. The number of nitrogens with one attached hydrogen (secondary N) is 3. The zero-order valence-electron chi connectivity index (χ0n) is 16.6. The number of hydrogen-bond donors (Lipinski definition) is 3. The maximum Gasteiger partial charge on any atom is 0.323 e. The van der Waals surface area contributed by atoms with Crippen molar-refractivity contribution in [3.8, 4) is 11.5 Å². The first-order valence-electron chi connectivity index (χ1n) is 9.76. The van der Waals surface area contributed by atoms with Crippen molar-refractivity contribution in [2.45, 2.75) is 19.3 Å². The Bertz CT molecular complexity index is 1080. The number of aryl methyl sites for hydroxylation is 2. The molecule has 0 atom stereocenters. The van der Waals surface area contributed by atoms with Crippen molar-refractivity contribution in [2.24, 2.45) is 0 Å². The summed E-state index contributed by atoms with van der Waals surface area (Å²) < 4.78 is 5.76. The fourth-order valence-corrected chi connectivity index (χ4v) is 3.41. The molecule has 0 saturated heterocycles. The van der Waals surface area contributed by atoms with E-state index in [-0.39, 0.29) is 17.6 Å². The first-order chi connectivity index (χ1) is 14.6. The number of hydrogen-bond acceptors (Lipinski definition) is 4. The third kappa shape index (κ3) is 4.57. The van der Waals surface area contributed by atoms with Crippen molar-refractivity contribution in [2.75, 3.05) is 17.7 Å². The van der Waals surface area contributed by atoms with Crippen LogP contribution in [0.3, 0.4) is 0 Å². The van der Waals surface area contributed by atoms with Crippen LogP contribution < -0.4 is 20.7 Å². The largest absolute Gasteiger partial charge is 0.457 e. The summed E-state index contributed by atoms with van der Waals surface area (Å²) >= 11 is 0. The Morgan fingerprint density at radius 2 is 1.60 bits per heavy atom. The molecule has 0 radical (unpaired) electrons. The highest BCUT2D eigenvalue weighted by molar-refractivity contribution is 5.99. The van der Waals surface area contributed by atoms with E-state index in [1.165, 1.54) is 23.7 Å². The van der Waals surface area contributed by atoms with E-state index in [1.54, 1.807) is 43.4 Å². The second-order valence-electron chi connectivity index (χ2n) is 7.00. The Hall–Kier alpha value is -3.87. The lowest BCUT2D eigenvalue weighted by Crippen LogP contribution is -2.19. The standard InChI is InChI=1S/C23H22N4O3/c1-24-22(28)21-14-20(11-12-25-21)30-19-9-7-17(8-10-19)26-23(29)27-18-6-5-15-3-2-4-16(15)13-18/h5-14H,2-4H2,1H3,(H,24,28)(H2,26,27,29). The van der Waals surface area contributed by atoms with Gasteiger partial charge in [-0.25, -0.2) is 4.79 Å². The number of pyridine rings is 1. The second-order valence-corrected chi connectivity index (χ2v) is 7.00. The summed E-state index contributed by atoms with van der Waals surface area (Å²) in [4.78, 5) is 28.0. The summed E-state index contributed by atoms with van der Waals surface area (Å²) in [5, 5.41) is 8.21. The molecule has 0 aliphatic heterocycles. The number of rotatable bonds is 5. The monoisotopic (exact) mass is 402 g/mol. The van der Waals surface area contributed by atoms with E-state index < -0.39 is 0 Å². The molecular formula is C23H22N4O3. The number of urea groups is 1. The lowest BCUT2D eigenvalue weighted by Gasteiger charge is -2.10. The van der Waals surface area contributed by atoms with Crippen LogP contribution in [-0.4, -0.2) is 24.0 Å². The maximum atomic E-state index is 12.3. The normalized spacial score (nSPS) is 12.0. The van der Waals surface area contributed by atoms with Crippen molar-refractivity contribution in [3.63, 3.8) is 0 Å². The smallest absolute Gasteiger partial charge is 0.323 e. The molecule has 1 aliphatic rings. The topological polar surface area (TPSA) is 92.4 Å². The molecule has 3 N–H and O–H groups in total. The molecule has 1 aliphatic carbocycles. The third-order valence-corrected chi connectivity index (χ3v) is 4.90. The third-order valence-electron chi connectivity index (χ3n) is 4.90. The van der Waals surface area contributed by atoms with Crippen LogP contribution in [0.2, 0.25) is 0 Å². The van der Waals surface area contributed by atoms with Crippen molar-refractivity contribution in [1.82, 2.24) is 10.3 Å². The molecule has 0 unspecified atom stereocenters. The molecular weight excluding hydrogens is 380 g/mol. The van der Waals surface area contributed by atoms with Gasteiger partial charge >= 0.3 is 6.03 Å². The van der Waals surface area contributed by atoms with Crippen LogP contribution in [0, 0.1) is 0 Å². The zero-order chi connectivity index (χ0) is 20.9.